The summed E-state index contributed by atoms with van der Waals surface area (Å²) in [4.78, 5) is 0.596. The third-order valence-electron chi connectivity index (χ3n) is 1.16. The van der Waals surface area contributed by atoms with Crippen LogP contribution in [0.5, 0.6) is 0 Å². The van der Waals surface area contributed by atoms with Crippen LogP contribution in [0.3, 0.4) is 0 Å². The van der Waals surface area contributed by atoms with Crippen molar-refractivity contribution in [2.75, 3.05) is 5.23 Å². The monoisotopic (exact) mass is 191 g/mol. The highest BCUT2D eigenvalue weighted by Crippen LogP contribution is 2.30. The number of hydrogen-bond acceptors (Lipinski definition) is 4. The summed E-state index contributed by atoms with van der Waals surface area (Å²) in [6.45, 7) is 0. The van der Waals surface area contributed by atoms with Gasteiger partial charge in [-0.2, -0.15) is 0 Å². The van der Waals surface area contributed by atoms with Gasteiger partial charge in [0.15, 0.2) is 0 Å². The molecule has 0 aliphatic heterocycles. The maximum absolute atomic E-state index is 8.65. The van der Waals surface area contributed by atoms with Gasteiger partial charge < -0.3 is 0 Å². The number of anilines is 1. The van der Waals surface area contributed by atoms with Gasteiger partial charge in [-0.1, -0.05) is 12.1 Å². The molecule has 0 radical (unpaired) electrons. The third-order valence-corrected chi connectivity index (χ3v) is 2.17. The topological polar surface area (TPSA) is 43.7 Å². The Morgan fingerprint density at radius 3 is 2.36 bits per heavy atom. The normalized spacial score (nSPS) is 9.73. The largest absolute Gasteiger partial charge is 0.264 e. The van der Waals surface area contributed by atoms with Gasteiger partial charge in [0.25, 0.3) is 0 Å². The van der Waals surface area contributed by atoms with Gasteiger partial charge in [0.1, 0.15) is 5.69 Å². The zero-order valence-electron chi connectivity index (χ0n) is 5.44. The van der Waals surface area contributed by atoms with Crippen LogP contribution >= 0.6 is 21.7 Å². The summed E-state index contributed by atoms with van der Waals surface area (Å²) in [5.41, 5.74) is 0.271. The van der Waals surface area contributed by atoms with Crippen molar-refractivity contribution in [2.45, 2.75) is 4.90 Å². The van der Waals surface area contributed by atoms with Crippen LogP contribution in [0.15, 0.2) is 29.2 Å². The Kier molecular flexibility index (Phi) is 3.02. The molecule has 0 fully saturated rings. The van der Waals surface area contributed by atoms with Crippen molar-refractivity contribution in [3.8, 4) is 0 Å². The first-order valence-electron chi connectivity index (χ1n) is 2.81. The van der Waals surface area contributed by atoms with Crippen molar-refractivity contribution in [2.24, 2.45) is 0 Å². The van der Waals surface area contributed by atoms with Crippen molar-refractivity contribution in [3.05, 3.63) is 24.3 Å². The number of para-hydroxylation sites is 1. The minimum absolute atomic E-state index is 0.0463. The number of benzene rings is 1. The second kappa shape index (κ2) is 3.82. The molecule has 60 valence electrons. The first-order chi connectivity index (χ1) is 5.25. The lowest BCUT2D eigenvalue weighted by Gasteiger charge is -2.09. The van der Waals surface area contributed by atoms with Gasteiger partial charge in [0, 0.05) is 0 Å². The van der Waals surface area contributed by atoms with Crippen LogP contribution < -0.4 is 5.23 Å². The summed E-state index contributed by atoms with van der Waals surface area (Å²) in [7, 11) is 6.38. The van der Waals surface area contributed by atoms with Crippen molar-refractivity contribution < 1.29 is 10.4 Å². The second-order valence-electron chi connectivity index (χ2n) is 1.83. The highest BCUT2D eigenvalue weighted by molar-refractivity contribution is 8.21. The van der Waals surface area contributed by atoms with Crippen LogP contribution in [-0.4, -0.2) is 10.4 Å². The molecule has 0 unspecified atom stereocenters. The number of nitrogens with zero attached hydrogens (tertiary/aromatic N) is 1. The average Bonchev–Trinajstić information content (AvgIpc) is 2.04. The lowest BCUT2D eigenvalue weighted by molar-refractivity contribution is 0.0277. The minimum Gasteiger partial charge on any atom is -0.264 e. The SMILES string of the molecule is ON(O)c1ccccc1SCl. The lowest BCUT2D eigenvalue weighted by atomic mass is 10.3. The van der Waals surface area contributed by atoms with Gasteiger partial charge in [0.05, 0.1) is 4.90 Å². The molecular formula is C6H6ClNO2S. The van der Waals surface area contributed by atoms with E-state index >= 15 is 0 Å². The maximum atomic E-state index is 8.65. The fourth-order valence-electron chi connectivity index (χ4n) is 0.688. The number of halogens is 1. The van der Waals surface area contributed by atoms with Crippen molar-refractivity contribution in [1.29, 1.82) is 0 Å². The van der Waals surface area contributed by atoms with Gasteiger partial charge in [-0.3, -0.25) is 10.4 Å². The molecule has 0 amide bonds. The smallest absolute Gasteiger partial charge is 0.109 e. The van der Waals surface area contributed by atoms with Crippen molar-refractivity contribution in [1.82, 2.24) is 0 Å². The van der Waals surface area contributed by atoms with Gasteiger partial charge in [-0.15, -0.1) is 5.23 Å². The van der Waals surface area contributed by atoms with E-state index < -0.39 is 0 Å². The summed E-state index contributed by atoms with van der Waals surface area (Å²) in [6, 6.07) is 6.68. The maximum Gasteiger partial charge on any atom is 0.109 e. The summed E-state index contributed by atoms with van der Waals surface area (Å²) >= 11 is 0. The molecule has 0 atom stereocenters. The third kappa shape index (κ3) is 2.00. The first kappa shape index (κ1) is 8.67. The number of hydrogen-bond donors (Lipinski definition) is 2. The Labute approximate surface area is 72.6 Å². The van der Waals surface area contributed by atoms with E-state index in [1.54, 1.807) is 24.3 Å². The van der Waals surface area contributed by atoms with E-state index in [4.69, 9.17) is 21.1 Å². The molecule has 0 aliphatic carbocycles. The molecule has 5 heteroatoms. The summed E-state index contributed by atoms with van der Waals surface area (Å²) in [5.74, 6) is 0. The van der Waals surface area contributed by atoms with Crippen molar-refractivity contribution >= 4 is 27.3 Å². The molecule has 0 saturated carbocycles. The van der Waals surface area contributed by atoms with Crippen LogP contribution in [0.4, 0.5) is 5.69 Å². The van der Waals surface area contributed by atoms with E-state index in [9.17, 15) is 0 Å². The predicted octanol–water partition coefficient (Wildman–Crippen LogP) is 2.52. The Morgan fingerprint density at radius 1 is 1.27 bits per heavy atom. The molecule has 1 aromatic carbocycles. The van der Waals surface area contributed by atoms with Gasteiger partial charge in [-0.05, 0) is 33.8 Å². The van der Waals surface area contributed by atoms with E-state index in [2.05, 4.69) is 0 Å². The average molecular weight is 192 g/mol. The summed E-state index contributed by atoms with van der Waals surface area (Å²) in [5, 5.41) is 17.4. The number of rotatable bonds is 2. The summed E-state index contributed by atoms with van der Waals surface area (Å²) < 4.78 is 0. The van der Waals surface area contributed by atoms with E-state index in [1.807, 2.05) is 0 Å². The fourth-order valence-corrected chi connectivity index (χ4v) is 1.44. The van der Waals surface area contributed by atoms with Crippen LogP contribution in [0.25, 0.3) is 0 Å². The zero-order valence-corrected chi connectivity index (χ0v) is 7.01. The van der Waals surface area contributed by atoms with Crippen LogP contribution in [-0.2, 0) is 0 Å². The van der Waals surface area contributed by atoms with Crippen LogP contribution in [0.1, 0.15) is 0 Å². The molecule has 0 spiro atoms. The molecule has 0 aromatic heterocycles. The molecular weight excluding hydrogens is 186 g/mol. The molecule has 0 saturated heterocycles. The molecule has 3 nitrogen and oxygen atoms in total. The summed E-state index contributed by atoms with van der Waals surface area (Å²) in [6.07, 6.45) is 0. The van der Waals surface area contributed by atoms with Crippen LogP contribution in [0.2, 0.25) is 0 Å². The van der Waals surface area contributed by atoms with E-state index in [0.29, 0.717) is 4.90 Å². The van der Waals surface area contributed by atoms with Gasteiger partial charge in [-0.25, -0.2) is 0 Å². The molecule has 0 bridgehead atoms. The Bertz CT molecular complexity index is 244. The molecule has 2 N–H and O–H groups in total. The molecule has 0 aliphatic rings. The Balaban J connectivity index is 3.02. The minimum atomic E-state index is 0.0463. The van der Waals surface area contributed by atoms with Gasteiger partial charge >= 0.3 is 0 Å². The van der Waals surface area contributed by atoms with E-state index in [1.165, 1.54) is 0 Å². The van der Waals surface area contributed by atoms with Crippen molar-refractivity contribution in [3.63, 3.8) is 0 Å². The molecule has 1 rings (SSSR count). The second-order valence-corrected chi connectivity index (χ2v) is 2.89. The first-order valence-corrected chi connectivity index (χ1v) is 4.45. The highest BCUT2D eigenvalue weighted by Gasteiger charge is 2.04. The quantitative estimate of drug-likeness (QED) is 0.706. The van der Waals surface area contributed by atoms with E-state index in [0.717, 1.165) is 11.0 Å². The lowest BCUT2D eigenvalue weighted by Crippen LogP contribution is -2.11. The molecule has 11 heavy (non-hydrogen) atoms. The van der Waals surface area contributed by atoms with Gasteiger partial charge in [0.2, 0.25) is 0 Å². The Hall–Kier alpha value is -0.420. The molecule has 0 heterocycles. The standard InChI is InChI=1S/C6H6ClNO2S/c7-11-6-4-2-1-3-5(6)8(9)10/h1-4,9-10H. The molecule has 1 aromatic rings. The Morgan fingerprint density at radius 2 is 1.91 bits per heavy atom. The predicted molar refractivity (Wildman–Crippen MR) is 44.2 cm³/mol. The highest BCUT2D eigenvalue weighted by atomic mass is 35.7. The zero-order chi connectivity index (χ0) is 8.27. The fraction of sp³-hybridized carbons (Fsp3) is 0. The van der Waals surface area contributed by atoms with Crippen LogP contribution in [0, 0.1) is 0 Å². The van der Waals surface area contributed by atoms with E-state index in [-0.39, 0.29) is 10.9 Å².